The molecule has 0 saturated carbocycles. The standard InChI is InChI=1S/C31H32ClFN4O5S/c1-31(2,42-27-9-6-12-37(27)30-34-16-19(43-30)10-11-28(39)40)26(38)14-18-13-22(32)24(15-23(18)33)35-29(41)21-17-36(3)25-8-5-4-7-20(21)25/h4-5,7-8,13,15-17,27H,6,9-12,14H2,1-3H3,(H,35,41)(H,39,40)/t27-/m0/s1. The number of aromatic nitrogens is 2. The number of hydrogen-bond acceptors (Lipinski definition) is 7. The van der Waals surface area contributed by atoms with Gasteiger partial charge in [0.15, 0.2) is 10.9 Å². The minimum atomic E-state index is -1.24. The van der Waals surface area contributed by atoms with Gasteiger partial charge in [-0.25, -0.2) is 9.37 Å². The molecule has 2 aromatic heterocycles. The molecule has 1 amide bonds. The molecule has 1 atom stereocenters. The maximum absolute atomic E-state index is 15.2. The minimum Gasteiger partial charge on any atom is -0.481 e. The van der Waals surface area contributed by atoms with Crippen molar-refractivity contribution in [3.05, 3.63) is 75.6 Å². The van der Waals surface area contributed by atoms with Gasteiger partial charge in [0.1, 0.15) is 17.6 Å². The summed E-state index contributed by atoms with van der Waals surface area (Å²) in [6.07, 6.45) is 4.68. The zero-order valence-electron chi connectivity index (χ0n) is 24.0. The summed E-state index contributed by atoms with van der Waals surface area (Å²) in [6.45, 7) is 4.01. The second kappa shape index (κ2) is 12.4. The van der Waals surface area contributed by atoms with E-state index in [1.165, 1.54) is 17.4 Å². The highest BCUT2D eigenvalue weighted by Crippen LogP contribution is 2.34. The lowest BCUT2D eigenvalue weighted by atomic mass is 9.96. The first-order chi connectivity index (χ1) is 20.4. The van der Waals surface area contributed by atoms with Gasteiger partial charge >= 0.3 is 5.97 Å². The van der Waals surface area contributed by atoms with Gasteiger partial charge in [-0.2, -0.15) is 0 Å². The molecule has 0 spiro atoms. The van der Waals surface area contributed by atoms with Crippen LogP contribution in [0.15, 0.2) is 48.8 Å². The zero-order chi connectivity index (χ0) is 30.9. The largest absolute Gasteiger partial charge is 0.481 e. The van der Waals surface area contributed by atoms with Crippen LogP contribution in [0.5, 0.6) is 0 Å². The number of benzene rings is 2. The number of Topliss-reactive ketones (excluding diaryl/α,β-unsaturated/α-hetero) is 1. The third-order valence-electron chi connectivity index (χ3n) is 7.55. The van der Waals surface area contributed by atoms with Crippen molar-refractivity contribution in [3.63, 3.8) is 0 Å². The van der Waals surface area contributed by atoms with Crippen LogP contribution in [-0.4, -0.2) is 50.7 Å². The number of amides is 1. The Bertz CT molecular complexity index is 1700. The minimum absolute atomic E-state index is 0.0290. The number of rotatable bonds is 11. The summed E-state index contributed by atoms with van der Waals surface area (Å²) >= 11 is 7.86. The monoisotopic (exact) mass is 626 g/mol. The van der Waals surface area contributed by atoms with Crippen molar-refractivity contribution < 1.29 is 28.6 Å². The Balaban J connectivity index is 1.25. The number of aryl methyl sites for hydroxylation is 2. The number of halogens is 2. The number of hydrogen-bond donors (Lipinski definition) is 2. The lowest BCUT2D eigenvalue weighted by Gasteiger charge is -2.32. The number of carbonyl (C=O) groups is 3. The van der Waals surface area contributed by atoms with E-state index in [9.17, 15) is 14.4 Å². The Hall–Kier alpha value is -3.80. The number of ether oxygens (including phenoxy) is 1. The van der Waals surface area contributed by atoms with E-state index in [4.69, 9.17) is 21.4 Å². The predicted molar refractivity (Wildman–Crippen MR) is 165 cm³/mol. The van der Waals surface area contributed by atoms with E-state index in [0.717, 1.165) is 28.3 Å². The topological polar surface area (TPSA) is 114 Å². The Kier molecular flexibility index (Phi) is 8.86. The van der Waals surface area contributed by atoms with Gasteiger partial charge in [0.2, 0.25) is 0 Å². The van der Waals surface area contributed by atoms with E-state index in [0.29, 0.717) is 30.1 Å². The van der Waals surface area contributed by atoms with Crippen LogP contribution in [0.2, 0.25) is 5.02 Å². The quantitative estimate of drug-likeness (QED) is 0.203. The molecule has 1 aliphatic rings. The van der Waals surface area contributed by atoms with E-state index in [1.807, 2.05) is 40.8 Å². The van der Waals surface area contributed by atoms with Crippen LogP contribution in [0, 0.1) is 5.82 Å². The number of fused-ring (bicyclic) bond motifs is 1. The second-order valence-corrected chi connectivity index (χ2v) is 12.6. The van der Waals surface area contributed by atoms with E-state index >= 15 is 4.39 Å². The highest BCUT2D eigenvalue weighted by Gasteiger charge is 2.37. The number of ketones is 1. The molecule has 3 heterocycles. The molecule has 0 radical (unpaired) electrons. The van der Waals surface area contributed by atoms with Crippen LogP contribution in [0.3, 0.4) is 0 Å². The van der Waals surface area contributed by atoms with Crippen molar-refractivity contribution in [2.45, 2.75) is 57.8 Å². The number of nitrogens with one attached hydrogen (secondary N) is 1. The highest BCUT2D eigenvalue weighted by molar-refractivity contribution is 7.15. The number of carboxylic acids is 1. The summed E-state index contributed by atoms with van der Waals surface area (Å²) in [5, 5.41) is 13.2. The Morgan fingerprint density at radius 1 is 1.26 bits per heavy atom. The molecule has 1 aliphatic heterocycles. The van der Waals surface area contributed by atoms with Crippen LogP contribution < -0.4 is 10.2 Å². The maximum Gasteiger partial charge on any atom is 0.303 e. The van der Waals surface area contributed by atoms with Crippen LogP contribution in [0.1, 0.15) is 53.9 Å². The number of carbonyl (C=O) groups excluding carboxylic acids is 2. The number of aliphatic carboxylic acids is 1. The van der Waals surface area contributed by atoms with Gasteiger partial charge in [0.05, 0.1) is 22.7 Å². The van der Waals surface area contributed by atoms with Gasteiger partial charge in [0, 0.05) is 48.2 Å². The van der Waals surface area contributed by atoms with Gasteiger partial charge in [-0.15, -0.1) is 11.3 Å². The summed E-state index contributed by atoms with van der Waals surface area (Å²) in [6, 6.07) is 9.96. The first-order valence-corrected chi connectivity index (χ1v) is 15.1. The fourth-order valence-corrected chi connectivity index (χ4v) is 6.39. The molecule has 2 aromatic carbocycles. The summed E-state index contributed by atoms with van der Waals surface area (Å²) in [4.78, 5) is 44.6. The average Bonchev–Trinajstić information content (AvgIpc) is 3.69. The normalized spacial score (nSPS) is 15.3. The first kappa shape index (κ1) is 30.7. The highest BCUT2D eigenvalue weighted by atomic mass is 35.5. The Morgan fingerprint density at radius 2 is 2.02 bits per heavy atom. The molecule has 0 bridgehead atoms. The molecule has 9 nitrogen and oxygen atoms in total. The summed E-state index contributed by atoms with van der Waals surface area (Å²) in [5.41, 5.74) is 0.286. The molecule has 0 unspecified atom stereocenters. The third kappa shape index (κ3) is 6.74. The molecular formula is C31H32ClFN4O5S. The van der Waals surface area contributed by atoms with Gasteiger partial charge in [0.25, 0.3) is 5.91 Å². The zero-order valence-corrected chi connectivity index (χ0v) is 25.6. The molecule has 2 N–H and O–H groups in total. The van der Waals surface area contributed by atoms with E-state index in [-0.39, 0.29) is 34.9 Å². The molecule has 43 heavy (non-hydrogen) atoms. The Morgan fingerprint density at radius 3 is 2.79 bits per heavy atom. The maximum atomic E-state index is 15.2. The van der Waals surface area contributed by atoms with Gasteiger partial charge < -0.3 is 24.6 Å². The second-order valence-electron chi connectivity index (χ2n) is 11.1. The van der Waals surface area contributed by atoms with Crippen molar-refractivity contribution in [1.82, 2.24) is 9.55 Å². The molecule has 12 heteroatoms. The number of anilines is 2. The predicted octanol–water partition coefficient (Wildman–Crippen LogP) is 6.23. The van der Waals surface area contributed by atoms with Crippen LogP contribution in [0.25, 0.3) is 10.9 Å². The van der Waals surface area contributed by atoms with Crippen molar-refractivity contribution >= 4 is 62.3 Å². The van der Waals surface area contributed by atoms with Crippen molar-refractivity contribution in [1.29, 1.82) is 0 Å². The molecule has 4 aromatic rings. The summed E-state index contributed by atoms with van der Waals surface area (Å²) < 4.78 is 23.3. The molecule has 226 valence electrons. The molecule has 1 saturated heterocycles. The lowest BCUT2D eigenvalue weighted by Crippen LogP contribution is -2.44. The number of nitrogens with zero attached hydrogens (tertiary/aromatic N) is 3. The number of para-hydroxylation sites is 1. The fourth-order valence-electron chi connectivity index (χ4n) is 5.18. The SMILES string of the molecule is Cn1cc(C(=O)Nc2cc(F)c(CC(=O)C(C)(C)O[C@H]3CCCN3c3ncc(CCC(=O)O)s3)cc2Cl)c2ccccc21. The average molecular weight is 627 g/mol. The fraction of sp³-hybridized carbons (Fsp3) is 0.355. The molecular weight excluding hydrogens is 595 g/mol. The van der Waals surface area contributed by atoms with Crippen LogP contribution >= 0.6 is 22.9 Å². The number of carboxylic acid groups (broad SMARTS) is 1. The van der Waals surface area contributed by atoms with E-state index in [1.54, 1.807) is 26.2 Å². The van der Waals surface area contributed by atoms with Gasteiger partial charge in [-0.1, -0.05) is 29.8 Å². The van der Waals surface area contributed by atoms with Gasteiger partial charge in [-0.05, 0) is 56.9 Å². The van der Waals surface area contributed by atoms with Crippen molar-refractivity contribution in [2.24, 2.45) is 7.05 Å². The van der Waals surface area contributed by atoms with E-state index < -0.39 is 29.5 Å². The summed E-state index contributed by atoms with van der Waals surface area (Å²) in [7, 11) is 1.84. The Labute approximate surface area is 257 Å². The van der Waals surface area contributed by atoms with Crippen LogP contribution in [-0.2, 0) is 34.2 Å². The van der Waals surface area contributed by atoms with Crippen LogP contribution in [0.4, 0.5) is 15.2 Å². The first-order valence-electron chi connectivity index (χ1n) is 13.9. The smallest absolute Gasteiger partial charge is 0.303 e. The van der Waals surface area contributed by atoms with Gasteiger partial charge in [-0.3, -0.25) is 14.4 Å². The number of thiazole rings is 1. The van der Waals surface area contributed by atoms with Crippen molar-refractivity contribution in [3.8, 4) is 0 Å². The van der Waals surface area contributed by atoms with E-state index in [2.05, 4.69) is 10.3 Å². The van der Waals surface area contributed by atoms with Crippen molar-refractivity contribution in [2.75, 3.05) is 16.8 Å². The third-order valence-corrected chi connectivity index (χ3v) is 8.96. The molecule has 1 fully saturated rings. The lowest BCUT2D eigenvalue weighted by molar-refractivity contribution is -0.146. The molecule has 0 aliphatic carbocycles. The molecule has 5 rings (SSSR count). The summed E-state index contributed by atoms with van der Waals surface area (Å²) in [5.74, 6) is -2.29.